The second kappa shape index (κ2) is 49.5. The first-order valence-corrected chi connectivity index (χ1v) is 30.4. The molecule has 3 unspecified atom stereocenters. The van der Waals surface area contributed by atoms with E-state index in [1.54, 1.807) is 0 Å². The van der Waals surface area contributed by atoms with Crippen LogP contribution >= 0.6 is 7.82 Å². The number of carbonyl (C=O) groups is 2. The molecule has 0 rings (SSSR count). The van der Waals surface area contributed by atoms with Gasteiger partial charge >= 0.3 is 5.97 Å². The minimum atomic E-state index is -4.70. The molecule has 0 aliphatic heterocycles. The average molecular weight is 992 g/mol. The summed E-state index contributed by atoms with van der Waals surface area (Å²) in [5.41, 5.74) is 0. The van der Waals surface area contributed by atoms with Crippen molar-refractivity contribution in [3.05, 3.63) is 48.6 Å². The number of esters is 1. The fourth-order valence-corrected chi connectivity index (χ4v) is 8.96. The monoisotopic (exact) mass is 991 g/mol. The summed E-state index contributed by atoms with van der Waals surface area (Å²) in [6.07, 6.45) is 59.2. The summed E-state index contributed by atoms with van der Waals surface area (Å²) in [4.78, 5) is 39.8. The summed E-state index contributed by atoms with van der Waals surface area (Å²) in [6, 6.07) is -0.896. The predicted molar refractivity (Wildman–Crippen MR) is 293 cm³/mol. The van der Waals surface area contributed by atoms with E-state index in [-0.39, 0.29) is 24.9 Å². The number of carbonyl (C=O) groups excluding carboxylic acids is 2. The standard InChI is InChI=1S/C59H111N2O7P/c1-7-10-13-16-19-22-25-28-29-30-31-34-36-39-42-45-48-51-58(62)60-56(55-67-69(64,65)66-54-53-61(4,5)6)57(50-47-44-41-38-35-32-26-23-20-17-14-11-8-2)68-59(63)52-49-46-43-40-37-33-27-24-21-18-15-12-9-3/h19,22,28-29,31,34,47,50,56-57H,7-18,20-21,23-27,30,32-33,35-46,48-49,51-55H2,1-6H3,(H-,60,62,64,65)/b22-19-,29-28-,34-31-,50-47+. The average Bonchev–Trinajstić information content (AvgIpc) is 3.31. The molecule has 0 aliphatic carbocycles. The molecule has 1 N–H and O–H groups in total. The summed E-state index contributed by atoms with van der Waals surface area (Å²) < 4.78 is 30.2. The highest BCUT2D eigenvalue weighted by Crippen LogP contribution is 2.38. The normalized spacial score (nSPS) is 14.1. The summed E-state index contributed by atoms with van der Waals surface area (Å²) in [6.45, 7) is 6.80. The first-order valence-electron chi connectivity index (χ1n) is 28.9. The molecule has 0 saturated carbocycles. The van der Waals surface area contributed by atoms with E-state index in [0.717, 1.165) is 77.0 Å². The lowest BCUT2D eigenvalue weighted by molar-refractivity contribution is -0.870. The van der Waals surface area contributed by atoms with Gasteiger partial charge in [0.25, 0.3) is 7.82 Å². The van der Waals surface area contributed by atoms with Crippen LogP contribution < -0.4 is 10.2 Å². The summed E-state index contributed by atoms with van der Waals surface area (Å²) in [5, 5.41) is 3.01. The van der Waals surface area contributed by atoms with Crippen molar-refractivity contribution in [3.63, 3.8) is 0 Å². The molecule has 69 heavy (non-hydrogen) atoms. The fraction of sp³-hybridized carbons (Fsp3) is 0.831. The molecule has 0 aromatic heterocycles. The molecule has 0 aromatic carbocycles. The maximum absolute atomic E-state index is 13.5. The summed E-state index contributed by atoms with van der Waals surface area (Å²) in [7, 11) is 1.17. The molecule has 0 aliphatic rings. The number of hydrogen-bond donors (Lipinski definition) is 1. The Labute approximate surface area is 427 Å². The van der Waals surface area contributed by atoms with Crippen molar-refractivity contribution in [2.75, 3.05) is 40.9 Å². The molecule has 0 fully saturated rings. The Morgan fingerprint density at radius 1 is 0.507 bits per heavy atom. The van der Waals surface area contributed by atoms with Crippen LogP contribution in [0.5, 0.6) is 0 Å². The number of unbranched alkanes of at least 4 members (excludes halogenated alkanes) is 30. The Balaban J connectivity index is 5.40. The minimum absolute atomic E-state index is 0.0261. The van der Waals surface area contributed by atoms with Gasteiger partial charge in [0, 0.05) is 12.8 Å². The lowest BCUT2D eigenvalue weighted by Gasteiger charge is -2.30. The van der Waals surface area contributed by atoms with Crippen LogP contribution in [0.2, 0.25) is 0 Å². The van der Waals surface area contributed by atoms with E-state index in [4.69, 9.17) is 13.8 Å². The number of phosphoric acid groups is 1. The quantitative estimate of drug-likeness (QED) is 0.0212. The van der Waals surface area contributed by atoms with E-state index in [2.05, 4.69) is 62.5 Å². The third-order valence-electron chi connectivity index (χ3n) is 12.8. The molecule has 1 amide bonds. The highest BCUT2D eigenvalue weighted by atomic mass is 31.2. The van der Waals surface area contributed by atoms with Gasteiger partial charge in [0.2, 0.25) is 5.91 Å². The lowest BCUT2D eigenvalue weighted by atomic mass is 10.0. The van der Waals surface area contributed by atoms with Gasteiger partial charge < -0.3 is 28.5 Å². The summed E-state index contributed by atoms with van der Waals surface area (Å²) >= 11 is 0. The highest BCUT2D eigenvalue weighted by molar-refractivity contribution is 7.45. The van der Waals surface area contributed by atoms with Crippen LogP contribution in [-0.2, 0) is 27.9 Å². The van der Waals surface area contributed by atoms with E-state index in [1.807, 2.05) is 33.3 Å². The van der Waals surface area contributed by atoms with Crippen molar-refractivity contribution in [1.29, 1.82) is 0 Å². The van der Waals surface area contributed by atoms with Gasteiger partial charge in [0.1, 0.15) is 19.3 Å². The van der Waals surface area contributed by atoms with Crippen molar-refractivity contribution in [1.82, 2.24) is 5.32 Å². The topological polar surface area (TPSA) is 114 Å². The van der Waals surface area contributed by atoms with Crippen molar-refractivity contribution in [3.8, 4) is 0 Å². The second-order valence-corrected chi connectivity index (χ2v) is 22.2. The van der Waals surface area contributed by atoms with Gasteiger partial charge in [-0.2, -0.15) is 0 Å². The number of nitrogens with one attached hydrogen (secondary N) is 1. The van der Waals surface area contributed by atoms with Gasteiger partial charge in [-0.1, -0.05) is 230 Å². The lowest BCUT2D eigenvalue weighted by Crippen LogP contribution is -2.47. The zero-order valence-corrected chi connectivity index (χ0v) is 46.9. The Kier molecular flexibility index (Phi) is 48.1. The van der Waals surface area contributed by atoms with E-state index in [9.17, 15) is 19.0 Å². The van der Waals surface area contributed by atoms with Crippen molar-refractivity contribution >= 4 is 19.7 Å². The SMILES string of the molecule is CCCCC/C=C\C/C=C\C/C=C\CCCCCCC(=O)NC(COP(=O)([O-])OCC[N+](C)(C)C)C(/C=C/CCCCCCCCCCCCC)OC(=O)CCCCCCCCCCCCCCC. The third-order valence-corrected chi connectivity index (χ3v) is 13.7. The predicted octanol–water partition coefficient (Wildman–Crippen LogP) is 16.7. The van der Waals surface area contributed by atoms with Crippen LogP contribution in [0, 0.1) is 0 Å². The Morgan fingerprint density at radius 3 is 1.35 bits per heavy atom. The van der Waals surface area contributed by atoms with Gasteiger partial charge in [0.15, 0.2) is 0 Å². The van der Waals surface area contributed by atoms with Crippen molar-refractivity contribution < 1.29 is 37.3 Å². The Hall–Kier alpha value is -2.03. The van der Waals surface area contributed by atoms with Crippen LogP contribution in [-0.4, -0.2) is 69.4 Å². The zero-order chi connectivity index (χ0) is 50.8. The van der Waals surface area contributed by atoms with Crippen LogP contribution in [0.25, 0.3) is 0 Å². The molecule has 9 nitrogen and oxygen atoms in total. The van der Waals surface area contributed by atoms with E-state index < -0.39 is 26.6 Å². The number of allylic oxidation sites excluding steroid dienone is 7. The van der Waals surface area contributed by atoms with Gasteiger partial charge in [-0.05, 0) is 70.3 Å². The van der Waals surface area contributed by atoms with E-state index in [1.165, 1.54) is 148 Å². The van der Waals surface area contributed by atoms with E-state index >= 15 is 0 Å². The van der Waals surface area contributed by atoms with Gasteiger partial charge in [-0.3, -0.25) is 14.2 Å². The number of quaternary nitrogens is 1. The van der Waals surface area contributed by atoms with Gasteiger partial charge in [-0.15, -0.1) is 0 Å². The fourth-order valence-electron chi connectivity index (χ4n) is 8.23. The number of amides is 1. The van der Waals surface area contributed by atoms with Crippen LogP contribution in [0.3, 0.4) is 0 Å². The maximum Gasteiger partial charge on any atom is 0.306 e. The Morgan fingerprint density at radius 2 is 0.884 bits per heavy atom. The molecule has 0 bridgehead atoms. The molecular weight excluding hydrogens is 880 g/mol. The first-order chi connectivity index (χ1) is 33.4. The Bertz CT molecular complexity index is 1330. The van der Waals surface area contributed by atoms with Crippen molar-refractivity contribution in [2.45, 2.75) is 277 Å². The van der Waals surface area contributed by atoms with Gasteiger partial charge in [0.05, 0.1) is 33.8 Å². The molecule has 0 saturated heterocycles. The minimum Gasteiger partial charge on any atom is -0.756 e. The number of ether oxygens (including phenoxy) is 1. The third kappa shape index (κ3) is 50.7. The number of hydrogen-bond acceptors (Lipinski definition) is 7. The second-order valence-electron chi connectivity index (χ2n) is 20.8. The molecule has 10 heteroatoms. The number of phosphoric ester groups is 1. The maximum atomic E-state index is 13.5. The van der Waals surface area contributed by atoms with Crippen LogP contribution in [0.15, 0.2) is 48.6 Å². The molecule has 3 atom stereocenters. The molecular formula is C59H111N2O7P. The highest BCUT2D eigenvalue weighted by Gasteiger charge is 2.27. The largest absolute Gasteiger partial charge is 0.756 e. The zero-order valence-electron chi connectivity index (χ0n) is 46.0. The number of likely N-dealkylation sites (N-methyl/N-ethyl adjacent to an activating group) is 1. The summed E-state index contributed by atoms with van der Waals surface area (Å²) in [5.74, 6) is -0.560. The molecule has 0 spiro atoms. The number of nitrogens with zero attached hydrogens (tertiary/aromatic N) is 1. The molecule has 0 radical (unpaired) electrons. The van der Waals surface area contributed by atoms with E-state index in [0.29, 0.717) is 23.9 Å². The van der Waals surface area contributed by atoms with Gasteiger partial charge in [-0.25, -0.2) is 0 Å². The van der Waals surface area contributed by atoms with Crippen LogP contribution in [0.4, 0.5) is 0 Å². The van der Waals surface area contributed by atoms with Crippen LogP contribution in [0.1, 0.15) is 265 Å². The molecule has 0 heterocycles. The number of rotatable bonds is 52. The van der Waals surface area contributed by atoms with Crippen molar-refractivity contribution in [2.24, 2.45) is 0 Å². The molecule has 404 valence electrons. The molecule has 0 aromatic rings. The smallest absolute Gasteiger partial charge is 0.306 e. The first kappa shape index (κ1) is 67.0.